The molecule has 0 amide bonds. The highest BCUT2D eigenvalue weighted by Crippen LogP contribution is 2.34. The summed E-state index contributed by atoms with van der Waals surface area (Å²) in [5, 5.41) is 3.40. The maximum atomic E-state index is 5.63. The standard InChI is InChI=1S/C15H17Br2NO2S/c1-3-19-13-6-5-10(7-14(13)20-4-2)18-9-11-8-12(16)15(17)21-11/h5-8,18H,3-4,9H2,1-2H3. The minimum Gasteiger partial charge on any atom is -0.490 e. The van der Waals surface area contributed by atoms with Gasteiger partial charge in [0.05, 0.1) is 17.0 Å². The summed E-state index contributed by atoms with van der Waals surface area (Å²) in [5.41, 5.74) is 1.02. The van der Waals surface area contributed by atoms with E-state index in [1.807, 2.05) is 32.0 Å². The molecule has 3 nitrogen and oxygen atoms in total. The number of rotatable bonds is 7. The van der Waals surface area contributed by atoms with Crippen molar-refractivity contribution >= 4 is 48.9 Å². The van der Waals surface area contributed by atoms with Gasteiger partial charge in [-0.15, -0.1) is 11.3 Å². The lowest BCUT2D eigenvalue weighted by Crippen LogP contribution is -2.01. The molecule has 0 atom stereocenters. The van der Waals surface area contributed by atoms with E-state index in [4.69, 9.17) is 9.47 Å². The van der Waals surface area contributed by atoms with Crippen molar-refractivity contribution in [3.63, 3.8) is 0 Å². The van der Waals surface area contributed by atoms with Crippen LogP contribution in [0.5, 0.6) is 11.5 Å². The van der Waals surface area contributed by atoms with Gasteiger partial charge in [0.1, 0.15) is 0 Å². The molecule has 1 N–H and O–H groups in total. The van der Waals surface area contributed by atoms with Gasteiger partial charge in [-0.2, -0.15) is 0 Å². The van der Waals surface area contributed by atoms with Crippen LogP contribution < -0.4 is 14.8 Å². The Labute approximate surface area is 145 Å². The van der Waals surface area contributed by atoms with E-state index in [0.29, 0.717) is 13.2 Å². The molecule has 0 aliphatic carbocycles. The summed E-state index contributed by atoms with van der Waals surface area (Å²) in [6.07, 6.45) is 0. The molecule has 0 radical (unpaired) electrons. The summed E-state index contributed by atoms with van der Waals surface area (Å²) in [6, 6.07) is 8.04. The Kier molecular flexibility index (Phi) is 6.39. The summed E-state index contributed by atoms with van der Waals surface area (Å²) in [7, 11) is 0. The second-order valence-electron chi connectivity index (χ2n) is 4.22. The molecule has 2 rings (SSSR count). The van der Waals surface area contributed by atoms with E-state index in [0.717, 1.165) is 32.0 Å². The maximum Gasteiger partial charge on any atom is 0.163 e. The van der Waals surface area contributed by atoms with Crippen molar-refractivity contribution in [2.24, 2.45) is 0 Å². The molecule has 0 saturated heterocycles. The van der Waals surface area contributed by atoms with E-state index in [1.165, 1.54) is 4.88 Å². The van der Waals surface area contributed by atoms with Crippen LogP contribution in [-0.4, -0.2) is 13.2 Å². The Morgan fingerprint density at radius 3 is 2.38 bits per heavy atom. The van der Waals surface area contributed by atoms with Crippen LogP contribution in [-0.2, 0) is 6.54 Å². The van der Waals surface area contributed by atoms with Crippen LogP contribution in [0.15, 0.2) is 32.5 Å². The average molecular weight is 435 g/mol. The third kappa shape index (κ3) is 4.63. The molecular weight excluding hydrogens is 418 g/mol. The molecule has 0 saturated carbocycles. The number of ether oxygens (including phenoxy) is 2. The number of halogens is 2. The van der Waals surface area contributed by atoms with Crippen LogP contribution in [0.1, 0.15) is 18.7 Å². The zero-order chi connectivity index (χ0) is 15.2. The monoisotopic (exact) mass is 433 g/mol. The highest BCUT2D eigenvalue weighted by atomic mass is 79.9. The summed E-state index contributed by atoms with van der Waals surface area (Å²) in [4.78, 5) is 1.25. The van der Waals surface area contributed by atoms with Crippen molar-refractivity contribution in [3.8, 4) is 11.5 Å². The molecule has 0 aliphatic rings. The average Bonchev–Trinajstić information content (AvgIpc) is 2.78. The van der Waals surface area contributed by atoms with Gasteiger partial charge in [-0.05, 0) is 63.9 Å². The van der Waals surface area contributed by atoms with Crippen LogP contribution in [0.25, 0.3) is 0 Å². The summed E-state index contributed by atoms with van der Waals surface area (Å²) >= 11 is 8.72. The van der Waals surface area contributed by atoms with Crippen molar-refractivity contribution in [2.75, 3.05) is 18.5 Å². The van der Waals surface area contributed by atoms with E-state index < -0.39 is 0 Å². The summed E-state index contributed by atoms with van der Waals surface area (Å²) in [5.74, 6) is 1.56. The zero-order valence-electron chi connectivity index (χ0n) is 11.9. The lowest BCUT2D eigenvalue weighted by molar-refractivity contribution is 0.288. The third-order valence-corrected chi connectivity index (χ3v) is 5.96. The van der Waals surface area contributed by atoms with E-state index >= 15 is 0 Å². The summed E-state index contributed by atoms with van der Waals surface area (Å²) < 4.78 is 13.4. The fraction of sp³-hybridized carbons (Fsp3) is 0.333. The molecule has 6 heteroatoms. The van der Waals surface area contributed by atoms with Crippen LogP contribution >= 0.6 is 43.2 Å². The first-order valence-corrected chi connectivity index (χ1v) is 9.11. The second-order valence-corrected chi connectivity index (χ2v) is 7.52. The minimum absolute atomic E-state index is 0.619. The molecule has 1 heterocycles. The van der Waals surface area contributed by atoms with E-state index in [9.17, 15) is 0 Å². The minimum atomic E-state index is 0.619. The molecule has 0 fully saturated rings. The Morgan fingerprint density at radius 2 is 1.76 bits per heavy atom. The number of thiophene rings is 1. The predicted molar refractivity (Wildman–Crippen MR) is 95.8 cm³/mol. The van der Waals surface area contributed by atoms with Gasteiger partial charge < -0.3 is 14.8 Å². The second kappa shape index (κ2) is 8.06. The van der Waals surface area contributed by atoms with E-state index in [-0.39, 0.29) is 0 Å². The predicted octanol–water partition coefficient (Wildman–Crippen LogP) is 5.68. The van der Waals surface area contributed by atoms with Crippen molar-refractivity contribution < 1.29 is 9.47 Å². The van der Waals surface area contributed by atoms with Gasteiger partial charge in [-0.1, -0.05) is 0 Å². The Hall–Kier alpha value is -0.720. The number of hydrogen-bond donors (Lipinski definition) is 1. The van der Waals surface area contributed by atoms with Gasteiger partial charge in [0.2, 0.25) is 0 Å². The van der Waals surface area contributed by atoms with Crippen molar-refractivity contribution in [1.29, 1.82) is 0 Å². The topological polar surface area (TPSA) is 30.5 Å². The number of hydrogen-bond acceptors (Lipinski definition) is 4. The zero-order valence-corrected chi connectivity index (χ0v) is 15.9. The summed E-state index contributed by atoms with van der Waals surface area (Å²) in [6.45, 7) is 5.96. The van der Waals surface area contributed by atoms with Crippen LogP contribution in [0.4, 0.5) is 5.69 Å². The number of nitrogens with one attached hydrogen (secondary N) is 1. The molecule has 1 aromatic carbocycles. The van der Waals surface area contributed by atoms with E-state index in [1.54, 1.807) is 11.3 Å². The van der Waals surface area contributed by atoms with Gasteiger partial charge in [-0.25, -0.2) is 0 Å². The lowest BCUT2D eigenvalue weighted by Gasteiger charge is -2.13. The normalized spacial score (nSPS) is 10.5. The first-order chi connectivity index (χ1) is 10.1. The molecule has 0 unspecified atom stereocenters. The van der Waals surface area contributed by atoms with Gasteiger partial charge in [0.25, 0.3) is 0 Å². The smallest absolute Gasteiger partial charge is 0.163 e. The maximum absolute atomic E-state index is 5.63. The molecule has 0 spiro atoms. The van der Waals surface area contributed by atoms with Gasteiger partial charge in [0.15, 0.2) is 11.5 Å². The van der Waals surface area contributed by atoms with Crippen molar-refractivity contribution in [1.82, 2.24) is 0 Å². The van der Waals surface area contributed by atoms with Crippen LogP contribution in [0, 0.1) is 0 Å². The molecule has 21 heavy (non-hydrogen) atoms. The van der Waals surface area contributed by atoms with Gasteiger partial charge >= 0.3 is 0 Å². The molecule has 114 valence electrons. The molecule has 0 bridgehead atoms. The Morgan fingerprint density at radius 1 is 1.05 bits per heavy atom. The number of benzene rings is 1. The van der Waals surface area contributed by atoms with Gasteiger partial charge in [0, 0.05) is 27.6 Å². The van der Waals surface area contributed by atoms with Crippen molar-refractivity contribution in [3.05, 3.63) is 37.4 Å². The molecule has 1 aromatic heterocycles. The molecule has 0 aliphatic heterocycles. The SMILES string of the molecule is CCOc1ccc(NCc2cc(Br)c(Br)s2)cc1OCC. The van der Waals surface area contributed by atoms with E-state index in [2.05, 4.69) is 43.2 Å². The van der Waals surface area contributed by atoms with Gasteiger partial charge in [-0.3, -0.25) is 0 Å². The fourth-order valence-corrected chi connectivity index (χ4v) is 3.95. The third-order valence-electron chi connectivity index (χ3n) is 2.71. The highest BCUT2D eigenvalue weighted by molar-refractivity contribution is 9.13. The van der Waals surface area contributed by atoms with Crippen LogP contribution in [0.2, 0.25) is 0 Å². The molecular formula is C15H17Br2NO2S. The first-order valence-electron chi connectivity index (χ1n) is 6.71. The van der Waals surface area contributed by atoms with Crippen LogP contribution in [0.3, 0.4) is 0 Å². The Balaban J connectivity index is 2.07. The van der Waals surface area contributed by atoms with Crippen molar-refractivity contribution in [2.45, 2.75) is 20.4 Å². The fourth-order valence-electron chi connectivity index (χ4n) is 1.83. The Bertz CT molecular complexity index is 582. The largest absolute Gasteiger partial charge is 0.490 e. The molecule has 2 aromatic rings. The first kappa shape index (κ1) is 16.6. The number of anilines is 1. The lowest BCUT2D eigenvalue weighted by atomic mass is 10.2. The quantitative estimate of drug-likeness (QED) is 0.607. The highest BCUT2D eigenvalue weighted by Gasteiger charge is 2.07.